The van der Waals surface area contributed by atoms with Crippen molar-refractivity contribution in [2.24, 2.45) is 0 Å². The Bertz CT molecular complexity index is 1010. The summed E-state index contributed by atoms with van der Waals surface area (Å²) in [6, 6.07) is 10.7. The maximum absolute atomic E-state index is 12.2. The first kappa shape index (κ1) is 18.5. The number of carbonyl (C=O) groups excluding carboxylic acids is 2. The van der Waals surface area contributed by atoms with E-state index < -0.39 is 11.5 Å². The van der Waals surface area contributed by atoms with E-state index in [9.17, 15) is 14.4 Å². The third-order valence-electron chi connectivity index (χ3n) is 3.82. The normalized spacial score (nSPS) is 10.4. The van der Waals surface area contributed by atoms with Gasteiger partial charge in [-0.3, -0.25) is 19.7 Å². The fourth-order valence-electron chi connectivity index (χ4n) is 2.40. The van der Waals surface area contributed by atoms with Crippen LogP contribution in [0, 0.1) is 0 Å². The topological polar surface area (TPSA) is 104 Å². The van der Waals surface area contributed by atoms with E-state index in [1.165, 1.54) is 29.2 Å². The molecule has 3 N–H and O–H groups in total. The van der Waals surface area contributed by atoms with Crippen molar-refractivity contribution in [1.29, 1.82) is 0 Å². The highest BCUT2D eigenvalue weighted by Crippen LogP contribution is 2.17. The lowest BCUT2D eigenvalue weighted by atomic mass is 10.1. The second-order valence-corrected chi connectivity index (χ2v) is 6.64. The Morgan fingerprint density at radius 1 is 1.15 bits per heavy atom. The molecule has 0 spiro atoms. The molecule has 2 heterocycles. The zero-order valence-corrected chi connectivity index (χ0v) is 15.4. The Morgan fingerprint density at radius 3 is 2.63 bits per heavy atom. The van der Waals surface area contributed by atoms with Crippen molar-refractivity contribution in [2.45, 2.75) is 19.8 Å². The Kier molecular flexibility index (Phi) is 5.77. The molecule has 3 rings (SSSR count). The number of hydrogen-bond acceptors (Lipinski definition) is 5. The summed E-state index contributed by atoms with van der Waals surface area (Å²) in [7, 11) is 0. The number of benzene rings is 1. The monoisotopic (exact) mass is 382 g/mol. The highest BCUT2D eigenvalue weighted by molar-refractivity contribution is 7.14. The van der Waals surface area contributed by atoms with Gasteiger partial charge in [0, 0.05) is 17.3 Å². The molecule has 0 saturated heterocycles. The number of hydrogen-bond donors (Lipinski definition) is 3. The fourth-order valence-corrected chi connectivity index (χ4v) is 3.11. The molecule has 7 nitrogen and oxygen atoms in total. The van der Waals surface area contributed by atoms with Crippen LogP contribution in [0.25, 0.3) is 0 Å². The number of aryl methyl sites for hydroxylation is 1. The van der Waals surface area contributed by atoms with Gasteiger partial charge in [-0.15, -0.1) is 11.3 Å². The van der Waals surface area contributed by atoms with Gasteiger partial charge in [-0.1, -0.05) is 19.1 Å². The van der Waals surface area contributed by atoms with Gasteiger partial charge in [-0.2, -0.15) is 0 Å². The standard InChI is InChI=1S/C19H18N4O3S/c1-2-12-5-7-13(8-6-12)21-16(24)10-14-11-27-19(22-14)23-18(26)15-4-3-9-20-17(15)25/h3-9,11H,2,10H2,1H3,(H,20,25)(H,21,24)(H,22,23,26). The van der Waals surface area contributed by atoms with Crippen LogP contribution < -0.4 is 16.2 Å². The molecule has 0 bridgehead atoms. The molecule has 0 radical (unpaired) electrons. The Hall–Kier alpha value is -3.26. The molecule has 0 aliphatic rings. The van der Waals surface area contributed by atoms with E-state index in [-0.39, 0.29) is 17.9 Å². The van der Waals surface area contributed by atoms with Gasteiger partial charge < -0.3 is 10.3 Å². The SMILES string of the molecule is CCc1ccc(NC(=O)Cc2csc(NC(=O)c3ccc[nH]c3=O)n2)cc1. The van der Waals surface area contributed by atoms with E-state index in [0.29, 0.717) is 10.8 Å². The van der Waals surface area contributed by atoms with Gasteiger partial charge in [0.1, 0.15) is 5.56 Å². The second kappa shape index (κ2) is 8.41. The molecule has 138 valence electrons. The maximum atomic E-state index is 12.2. The largest absolute Gasteiger partial charge is 0.328 e. The molecule has 27 heavy (non-hydrogen) atoms. The number of pyridine rings is 1. The Morgan fingerprint density at radius 2 is 1.93 bits per heavy atom. The van der Waals surface area contributed by atoms with E-state index in [0.717, 1.165) is 12.1 Å². The molecular formula is C19H18N4O3S. The van der Waals surface area contributed by atoms with Gasteiger partial charge in [0.25, 0.3) is 11.5 Å². The lowest BCUT2D eigenvalue weighted by molar-refractivity contribution is -0.115. The second-order valence-electron chi connectivity index (χ2n) is 5.79. The first-order valence-corrected chi connectivity index (χ1v) is 9.25. The number of amides is 2. The van der Waals surface area contributed by atoms with Crippen LogP contribution in [-0.2, 0) is 17.6 Å². The molecule has 2 aromatic heterocycles. The first-order valence-electron chi connectivity index (χ1n) is 8.37. The highest BCUT2D eigenvalue weighted by atomic mass is 32.1. The molecule has 8 heteroatoms. The third kappa shape index (κ3) is 4.89. The van der Waals surface area contributed by atoms with Crippen LogP contribution in [0.15, 0.2) is 52.8 Å². The van der Waals surface area contributed by atoms with Gasteiger partial charge in [0.15, 0.2) is 5.13 Å². The Labute approximate surface area is 159 Å². The number of H-pyrrole nitrogens is 1. The Balaban J connectivity index is 1.58. The molecule has 0 aliphatic heterocycles. The van der Waals surface area contributed by atoms with E-state index in [1.807, 2.05) is 24.3 Å². The van der Waals surface area contributed by atoms with Crippen LogP contribution in [0.4, 0.5) is 10.8 Å². The van der Waals surface area contributed by atoms with E-state index in [1.54, 1.807) is 11.4 Å². The van der Waals surface area contributed by atoms with Crippen molar-refractivity contribution in [2.75, 3.05) is 10.6 Å². The molecular weight excluding hydrogens is 364 g/mol. The summed E-state index contributed by atoms with van der Waals surface area (Å²) in [5.74, 6) is -0.736. The summed E-state index contributed by atoms with van der Waals surface area (Å²) in [5.41, 5.74) is 2.00. The summed E-state index contributed by atoms with van der Waals surface area (Å²) in [5, 5.41) is 7.42. The van der Waals surface area contributed by atoms with Gasteiger partial charge in [-0.05, 0) is 36.2 Å². The van der Waals surface area contributed by atoms with Crippen molar-refractivity contribution in [1.82, 2.24) is 9.97 Å². The highest BCUT2D eigenvalue weighted by Gasteiger charge is 2.13. The molecule has 0 saturated carbocycles. The van der Waals surface area contributed by atoms with Crippen molar-refractivity contribution in [3.05, 3.63) is 75.1 Å². The number of aromatic amines is 1. The molecule has 0 atom stereocenters. The fraction of sp³-hybridized carbons (Fsp3) is 0.158. The maximum Gasteiger partial charge on any atom is 0.263 e. The summed E-state index contributed by atoms with van der Waals surface area (Å²) in [4.78, 5) is 42.6. The van der Waals surface area contributed by atoms with Crippen LogP contribution in [0.5, 0.6) is 0 Å². The lowest BCUT2D eigenvalue weighted by Gasteiger charge is -2.05. The summed E-state index contributed by atoms with van der Waals surface area (Å²) >= 11 is 1.20. The predicted octanol–water partition coefficient (Wildman–Crippen LogP) is 2.83. The van der Waals surface area contributed by atoms with Crippen LogP contribution in [0.1, 0.15) is 28.5 Å². The zero-order valence-electron chi connectivity index (χ0n) is 14.6. The lowest BCUT2D eigenvalue weighted by Crippen LogP contribution is -2.22. The summed E-state index contributed by atoms with van der Waals surface area (Å²) in [6.07, 6.45) is 2.49. The predicted molar refractivity (Wildman–Crippen MR) is 105 cm³/mol. The van der Waals surface area contributed by atoms with Crippen molar-refractivity contribution >= 4 is 34.0 Å². The molecule has 0 fully saturated rings. The number of nitrogens with zero attached hydrogens (tertiary/aromatic N) is 1. The van der Waals surface area contributed by atoms with Gasteiger partial charge in [-0.25, -0.2) is 4.98 Å². The van der Waals surface area contributed by atoms with E-state index >= 15 is 0 Å². The van der Waals surface area contributed by atoms with Crippen molar-refractivity contribution in [3.8, 4) is 0 Å². The number of anilines is 2. The van der Waals surface area contributed by atoms with E-state index in [2.05, 4.69) is 27.5 Å². The summed E-state index contributed by atoms with van der Waals surface area (Å²) in [6.45, 7) is 2.07. The van der Waals surface area contributed by atoms with Crippen molar-refractivity contribution in [3.63, 3.8) is 0 Å². The molecule has 0 unspecified atom stereocenters. The van der Waals surface area contributed by atoms with Crippen LogP contribution in [-0.4, -0.2) is 21.8 Å². The van der Waals surface area contributed by atoms with Crippen LogP contribution in [0.3, 0.4) is 0 Å². The number of thiazole rings is 1. The number of aromatic nitrogens is 2. The van der Waals surface area contributed by atoms with Gasteiger partial charge in [0.05, 0.1) is 12.1 Å². The smallest absolute Gasteiger partial charge is 0.263 e. The van der Waals surface area contributed by atoms with Gasteiger partial charge in [0.2, 0.25) is 5.91 Å². The molecule has 1 aromatic carbocycles. The summed E-state index contributed by atoms with van der Waals surface area (Å²) < 4.78 is 0. The van der Waals surface area contributed by atoms with Crippen LogP contribution in [0.2, 0.25) is 0 Å². The quantitative estimate of drug-likeness (QED) is 0.610. The average Bonchev–Trinajstić information content (AvgIpc) is 3.09. The van der Waals surface area contributed by atoms with E-state index in [4.69, 9.17) is 0 Å². The number of carbonyl (C=O) groups is 2. The molecule has 3 aromatic rings. The average molecular weight is 382 g/mol. The minimum absolute atomic E-state index is 0.00233. The van der Waals surface area contributed by atoms with Crippen LogP contribution >= 0.6 is 11.3 Å². The number of nitrogens with one attached hydrogen (secondary N) is 3. The van der Waals surface area contributed by atoms with Gasteiger partial charge >= 0.3 is 0 Å². The first-order chi connectivity index (χ1) is 13.0. The minimum Gasteiger partial charge on any atom is -0.328 e. The third-order valence-corrected chi connectivity index (χ3v) is 4.63. The molecule has 0 aliphatic carbocycles. The minimum atomic E-state index is -0.543. The number of rotatable bonds is 6. The zero-order chi connectivity index (χ0) is 19.2. The molecule has 2 amide bonds. The van der Waals surface area contributed by atoms with Crippen molar-refractivity contribution < 1.29 is 9.59 Å².